The van der Waals surface area contributed by atoms with Crippen LogP contribution in [0.2, 0.25) is 0 Å². The molecule has 0 spiro atoms. The minimum absolute atomic E-state index is 1.05. The molecule has 3 aromatic rings. The van der Waals surface area contributed by atoms with Gasteiger partial charge in [0.05, 0.1) is 0 Å². The number of aromatic nitrogens is 2. The molecular formula is C15H12N2S. The fraction of sp³-hybridized carbons (Fsp3) is 0.0667. The Morgan fingerprint density at radius 1 is 1.00 bits per heavy atom. The van der Waals surface area contributed by atoms with E-state index in [0.29, 0.717) is 0 Å². The van der Waals surface area contributed by atoms with Gasteiger partial charge in [-0.05, 0) is 30.2 Å². The molecule has 2 heterocycles. The third kappa shape index (κ3) is 2.17. The van der Waals surface area contributed by atoms with Crippen molar-refractivity contribution in [3.05, 3.63) is 59.9 Å². The first-order chi connectivity index (χ1) is 8.83. The molecule has 0 saturated heterocycles. The molecule has 0 aliphatic carbocycles. The maximum absolute atomic E-state index is 4.34. The monoisotopic (exact) mass is 252 g/mol. The van der Waals surface area contributed by atoms with Crippen LogP contribution in [-0.4, -0.2) is 9.97 Å². The summed E-state index contributed by atoms with van der Waals surface area (Å²) in [5.41, 5.74) is 4.66. The number of aryl methyl sites for hydroxylation is 1. The first kappa shape index (κ1) is 11.1. The lowest BCUT2D eigenvalue weighted by Gasteiger charge is -2.04. The Labute approximate surface area is 110 Å². The summed E-state index contributed by atoms with van der Waals surface area (Å²) in [5, 5.41) is 3.05. The van der Waals surface area contributed by atoms with Gasteiger partial charge in [-0.3, -0.25) is 4.98 Å². The summed E-state index contributed by atoms with van der Waals surface area (Å²) in [5.74, 6) is 0. The van der Waals surface area contributed by atoms with E-state index < -0.39 is 0 Å². The standard InChI is InChI=1S/C15H12N2S/c1-11-7-14(10-16-9-11)12-3-2-4-13(8-12)15-17-5-6-18-15/h2-10H,1H3. The molecule has 0 atom stereocenters. The van der Waals surface area contributed by atoms with Crippen LogP contribution in [0.25, 0.3) is 21.7 Å². The normalized spacial score (nSPS) is 10.5. The second-order valence-electron chi connectivity index (χ2n) is 4.17. The molecule has 0 aliphatic rings. The molecule has 1 aromatic carbocycles. The van der Waals surface area contributed by atoms with Gasteiger partial charge in [-0.2, -0.15) is 0 Å². The van der Waals surface area contributed by atoms with Gasteiger partial charge in [-0.15, -0.1) is 11.3 Å². The Balaban J connectivity index is 2.06. The number of rotatable bonds is 2. The molecule has 0 amide bonds. The van der Waals surface area contributed by atoms with E-state index in [1.54, 1.807) is 11.3 Å². The summed E-state index contributed by atoms with van der Waals surface area (Å²) in [6.45, 7) is 2.06. The lowest BCUT2D eigenvalue weighted by molar-refractivity contribution is 1.27. The van der Waals surface area contributed by atoms with Crippen molar-refractivity contribution in [1.82, 2.24) is 9.97 Å². The van der Waals surface area contributed by atoms with Crippen LogP contribution in [0.3, 0.4) is 0 Å². The number of thiazole rings is 1. The number of nitrogens with zero attached hydrogens (tertiary/aromatic N) is 2. The van der Waals surface area contributed by atoms with Crippen molar-refractivity contribution in [2.45, 2.75) is 6.92 Å². The summed E-state index contributed by atoms with van der Waals surface area (Å²) in [4.78, 5) is 8.58. The maximum Gasteiger partial charge on any atom is 0.123 e. The average Bonchev–Trinajstić information content (AvgIpc) is 2.93. The van der Waals surface area contributed by atoms with Crippen molar-refractivity contribution in [3.8, 4) is 21.7 Å². The average molecular weight is 252 g/mol. The predicted octanol–water partition coefficient (Wildman–Crippen LogP) is 4.18. The fourth-order valence-corrected chi connectivity index (χ4v) is 2.55. The van der Waals surface area contributed by atoms with E-state index in [1.807, 2.05) is 24.0 Å². The molecule has 18 heavy (non-hydrogen) atoms. The molecule has 0 fully saturated rings. The van der Waals surface area contributed by atoms with E-state index in [4.69, 9.17) is 0 Å². The Kier molecular flexibility index (Phi) is 2.90. The highest BCUT2D eigenvalue weighted by Gasteiger charge is 2.03. The zero-order valence-electron chi connectivity index (χ0n) is 10.00. The van der Waals surface area contributed by atoms with Gasteiger partial charge in [0.25, 0.3) is 0 Å². The molecule has 0 bridgehead atoms. The summed E-state index contributed by atoms with van der Waals surface area (Å²) in [6.07, 6.45) is 5.60. The van der Waals surface area contributed by atoms with Gasteiger partial charge in [0.1, 0.15) is 5.01 Å². The Bertz CT molecular complexity index is 660. The third-order valence-electron chi connectivity index (χ3n) is 2.75. The predicted molar refractivity (Wildman–Crippen MR) is 75.5 cm³/mol. The zero-order valence-corrected chi connectivity index (χ0v) is 10.8. The molecule has 0 aliphatic heterocycles. The lowest BCUT2D eigenvalue weighted by Crippen LogP contribution is -1.83. The molecular weight excluding hydrogens is 240 g/mol. The van der Waals surface area contributed by atoms with Crippen molar-refractivity contribution in [2.75, 3.05) is 0 Å². The largest absolute Gasteiger partial charge is 0.264 e. The lowest BCUT2D eigenvalue weighted by atomic mass is 10.0. The van der Waals surface area contributed by atoms with Crippen molar-refractivity contribution in [2.24, 2.45) is 0 Å². The molecule has 3 rings (SSSR count). The van der Waals surface area contributed by atoms with Gasteiger partial charge in [0.15, 0.2) is 0 Å². The minimum Gasteiger partial charge on any atom is -0.264 e. The summed E-state index contributed by atoms with van der Waals surface area (Å²) in [7, 11) is 0. The highest BCUT2D eigenvalue weighted by molar-refractivity contribution is 7.13. The zero-order chi connectivity index (χ0) is 12.4. The van der Waals surface area contributed by atoms with E-state index in [0.717, 1.165) is 16.1 Å². The number of hydrogen-bond acceptors (Lipinski definition) is 3. The van der Waals surface area contributed by atoms with Crippen molar-refractivity contribution in [1.29, 1.82) is 0 Å². The Hall–Kier alpha value is -2.00. The number of hydrogen-bond donors (Lipinski definition) is 0. The van der Waals surface area contributed by atoms with E-state index >= 15 is 0 Å². The summed E-state index contributed by atoms with van der Waals surface area (Å²) >= 11 is 1.66. The Morgan fingerprint density at radius 2 is 1.89 bits per heavy atom. The van der Waals surface area contributed by atoms with Gasteiger partial charge in [-0.1, -0.05) is 18.2 Å². The molecule has 0 radical (unpaired) electrons. The minimum atomic E-state index is 1.05. The van der Waals surface area contributed by atoms with E-state index in [1.165, 1.54) is 11.1 Å². The van der Waals surface area contributed by atoms with Crippen LogP contribution in [0, 0.1) is 6.92 Å². The van der Waals surface area contributed by atoms with Crippen molar-refractivity contribution >= 4 is 11.3 Å². The SMILES string of the molecule is Cc1cncc(-c2cccc(-c3nccs3)c2)c1. The molecule has 88 valence electrons. The van der Waals surface area contributed by atoms with E-state index in [-0.39, 0.29) is 0 Å². The first-order valence-electron chi connectivity index (χ1n) is 5.75. The quantitative estimate of drug-likeness (QED) is 0.683. The van der Waals surface area contributed by atoms with Gasteiger partial charge in [0.2, 0.25) is 0 Å². The van der Waals surface area contributed by atoms with Crippen LogP contribution in [0.15, 0.2) is 54.3 Å². The highest BCUT2D eigenvalue weighted by atomic mass is 32.1. The smallest absolute Gasteiger partial charge is 0.123 e. The molecule has 2 aromatic heterocycles. The van der Waals surface area contributed by atoms with Crippen LogP contribution in [0.5, 0.6) is 0 Å². The van der Waals surface area contributed by atoms with E-state index in [2.05, 4.69) is 47.2 Å². The molecule has 0 N–H and O–H groups in total. The van der Waals surface area contributed by atoms with Crippen LogP contribution in [0.1, 0.15) is 5.56 Å². The van der Waals surface area contributed by atoms with Crippen molar-refractivity contribution < 1.29 is 0 Å². The van der Waals surface area contributed by atoms with Gasteiger partial charge >= 0.3 is 0 Å². The third-order valence-corrected chi connectivity index (χ3v) is 3.57. The second kappa shape index (κ2) is 4.70. The number of benzene rings is 1. The highest BCUT2D eigenvalue weighted by Crippen LogP contribution is 2.27. The fourth-order valence-electron chi connectivity index (χ4n) is 1.91. The summed E-state index contributed by atoms with van der Waals surface area (Å²) in [6, 6.07) is 10.6. The van der Waals surface area contributed by atoms with Gasteiger partial charge in [0, 0.05) is 35.1 Å². The topological polar surface area (TPSA) is 25.8 Å². The Morgan fingerprint density at radius 3 is 2.67 bits per heavy atom. The van der Waals surface area contributed by atoms with Crippen LogP contribution >= 0.6 is 11.3 Å². The van der Waals surface area contributed by atoms with E-state index in [9.17, 15) is 0 Å². The molecule has 0 saturated carbocycles. The first-order valence-corrected chi connectivity index (χ1v) is 6.63. The maximum atomic E-state index is 4.34. The van der Waals surface area contributed by atoms with Gasteiger partial charge < -0.3 is 0 Å². The van der Waals surface area contributed by atoms with Crippen LogP contribution in [-0.2, 0) is 0 Å². The summed E-state index contributed by atoms with van der Waals surface area (Å²) < 4.78 is 0. The second-order valence-corrected chi connectivity index (χ2v) is 5.06. The van der Waals surface area contributed by atoms with Crippen LogP contribution < -0.4 is 0 Å². The molecule has 3 heteroatoms. The molecule has 0 unspecified atom stereocenters. The van der Waals surface area contributed by atoms with Crippen LogP contribution in [0.4, 0.5) is 0 Å². The number of pyridine rings is 1. The van der Waals surface area contributed by atoms with Crippen molar-refractivity contribution in [3.63, 3.8) is 0 Å². The molecule has 2 nitrogen and oxygen atoms in total. The van der Waals surface area contributed by atoms with Gasteiger partial charge in [-0.25, -0.2) is 4.98 Å².